The predicted molar refractivity (Wildman–Crippen MR) is 108 cm³/mol. The largest absolute Gasteiger partial charge is 0.355 e. The first-order valence-electron chi connectivity index (χ1n) is 9.28. The molecular weight excluding hydrogens is 342 g/mol. The van der Waals surface area contributed by atoms with Crippen LogP contribution in [0.3, 0.4) is 0 Å². The van der Waals surface area contributed by atoms with Crippen molar-refractivity contribution in [3.8, 4) is 0 Å². The van der Waals surface area contributed by atoms with Crippen LogP contribution in [-0.4, -0.2) is 66.3 Å². The molecule has 7 nitrogen and oxygen atoms in total. The summed E-state index contributed by atoms with van der Waals surface area (Å²) in [5.74, 6) is 0.712. The van der Waals surface area contributed by atoms with E-state index in [1.807, 2.05) is 35.8 Å². The van der Waals surface area contributed by atoms with Crippen LogP contribution in [0.25, 0.3) is 0 Å². The molecule has 148 valence electrons. The predicted octanol–water partition coefficient (Wildman–Crippen LogP) is 1.45. The van der Waals surface area contributed by atoms with E-state index in [1.54, 1.807) is 26.2 Å². The molecular formula is C20H31N5O2. The van der Waals surface area contributed by atoms with Gasteiger partial charge in [0.1, 0.15) is 0 Å². The average Bonchev–Trinajstić information content (AvgIpc) is 2.60. The molecule has 1 fully saturated rings. The summed E-state index contributed by atoms with van der Waals surface area (Å²) in [5.41, 5.74) is 1.40. The van der Waals surface area contributed by atoms with Gasteiger partial charge in [-0.2, -0.15) is 0 Å². The lowest BCUT2D eigenvalue weighted by Gasteiger charge is -2.49. The van der Waals surface area contributed by atoms with Gasteiger partial charge in [0.05, 0.1) is 12.1 Å². The van der Waals surface area contributed by atoms with Crippen molar-refractivity contribution in [3.05, 3.63) is 35.4 Å². The lowest BCUT2D eigenvalue weighted by atomic mass is 9.96. The number of guanidine groups is 1. The van der Waals surface area contributed by atoms with Crippen molar-refractivity contribution in [3.63, 3.8) is 0 Å². The number of hydrogen-bond donors (Lipinski definition) is 2. The van der Waals surface area contributed by atoms with Crippen LogP contribution in [0.5, 0.6) is 0 Å². The Morgan fingerprint density at radius 3 is 2.37 bits per heavy atom. The smallest absolute Gasteiger partial charge is 0.251 e. The van der Waals surface area contributed by atoms with Crippen LogP contribution < -0.4 is 10.6 Å². The third kappa shape index (κ3) is 4.78. The van der Waals surface area contributed by atoms with E-state index in [0.29, 0.717) is 31.2 Å². The number of benzene rings is 1. The second kappa shape index (κ2) is 8.41. The van der Waals surface area contributed by atoms with E-state index in [9.17, 15) is 9.59 Å². The third-order valence-corrected chi connectivity index (χ3v) is 4.75. The van der Waals surface area contributed by atoms with Gasteiger partial charge >= 0.3 is 0 Å². The summed E-state index contributed by atoms with van der Waals surface area (Å²) in [7, 11) is 3.34. The summed E-state index contributed by atoms with van der Waals surface area (Å²) in [4.78, 5) is 32.6. The van der Waals surface area contributed by atoms with Crippen LogP contribution in [0.2, 0.25) is 0 Å². The second-order valence-corrected chi connectivity index (χ2v) is 7.70. The highest BCUT2D eigenvalue weighted by Gasteiger charge is 2.40. The zero-order valence-corrected chi connectivity index (χ0v) is 17.2. The average molecular weight is 374 g/mol. The van der Waals surface area contributed by atoms with E-state index >= 15 is 0 Å². The number of piperazine rings is 1. The number of carbonyl (C=O) groups is 2. The summed E-state index contributed by atoms with van der Waals surface area (Å²) in [5, 5.41) is 5.94. The Balaban J connectivity index is 2.04. The van der Waals surface area contributed by atoms with E-state index in [0.717, 1.165) is 5.56 Å². The quantitative estimate of drug-likeness (QED) is 0.619. The topological polar surface area (TPSA) is 77.0 Å². The first-order chi connectivity index (χ1) is 12.7. The Morgan fingerprint density at radius 1 is 1.26 bits per heavy atom. The first kappa shape index (κ1) is 20.7. The summed E-state index contributed by atoms with van der Waals surface area (Å²) in [6.07, 6.45) is 0. The molecule has 0 aliphatic carbocycles. The molecule has 0 unspecified atom stereocenters. The zero-order valence-electron chi connectivity index (χ0n) is 17.2. The first-order valence-corrected chi connectivity index (χ1v) is 9.28. The Bertz CT molecular complexity index is 710. The highest BCUT2D eigenvalue weighted by molar-refractivity contribution is 5.94. The lowest BCUT2D eigenvalue weighted by molar-refractivity contribution is -0.145. The number of nitrogens with one attached hydrogen (secondary N) is 2. The molecule has 0 spiro atoms. The van der Waals surface area contributed by atoms with Crippen LogP contribution >= 0.6 is 0 Å². The molecule has 1 aromatic carbocycles. The maximum Gasteiger partial charge on any atom is 0.251 e. The Kier molecular flexibility index (Phi) is 6.46. The third-order valence-electron chi connectivity index (χ3n) is 4.75. The number of aliphatic imine (C=N–C) groups is 1. The van der Waals surface area contributed by atoms with Crippen molar-refractivity contribution >= 4 is 17.8 Å². The van der Waals surface area contributed by atoms with Crippen LogP contribution in [0.15, 0.2) is 29.3 Å². The Labute approximate surface area is 161 Å². The molecule has 1 aromatic rings. The van der Waals surface area contributed by atoms with Crippen molar-refractivity contribution in [2.24, 2.45) is 4.99 Å². The van der Waals surface area contributed by atoms with Crippen molar-refractivity contribution in [2.75, 3.05) is 27.2 Å². The molecule has 2 amide bonds. The van der Waals surface area contributed by atoms with Gasteiger partial charge < -0.3 is 20.4 Å². The number of nitrogens with zero attached hydrogens (tertiary/aromatic N) is 3. The number of hydrogen-bond acceptors (Lipinski definition) is 3. The molecule has 7 heteroatoms. The van der Waals surface area contributed by atoms with Gasteiger partial charge in [0.2, 0.25) is 5.91 Å². The van der Waals surface area contributed by atoms with Crippen LogP contribution in [-0.2, 0) is 11.3 Å². The van der Waals surface area contributed by atoms with E-state index in [4.69, 9.17) is 0 Å². The minimum absolute atomic E-state index is 0.103. The summed E-state index contributed by atoms with van der Waals surface area (Å²) >= 11 is 0. The maximum absolute atomic E-state index is 12.6. The van der Waals surface area contributed by atoms with Gasteiger partial charge in [-0.05, 0) is 45.4 Å². The number of rotatable bonds is 4. The Morgan fingerprint density at radius 2 is 1.89 bits per heavy atom. The molecule has 0 saturated carbocycles. The molecule has 1 aliphatic rings. The summed E-state index contributed by atoms with van der Waals surface area (Å²) in [6.45, 7) is 9.86. The molecule has 27 heavy (non-hydrogen) atoms. The monoisotopic (exact) mass is 373 g/mol. The molecule has 2 N–H and O–H groups in total. The normalized spacial score (nSPS) is 17.3. The van der Waals surface area contributed by atoms with Gasteiger partial charge in [-0.25, -0.2) is 0 Å². The van der Waals surface area contributed by atoms with Gasteiger partial charge in [0.15, 0.2) is 5.96 Å². The molecule has 0 radical (unpaired) electrons. The van der Waals surface area contributed by atoms with Crippen molar-refractivity contribution < 1.29 is 9.59 Å². The summed E-state index contributed by atoms with van der Waals surface area (Å²) < 4.78 is 0. The molecule has 1 aliphatic heterocycles. The van der Waals surface area contributed by atoms with Gasteiger partial charge in [-0.1, -0.05) is 12.1 Å². The van der Waals surface area contributed by atoms with Crippen molar-refractivity contribution in [1.29, 1.82) is 0 Å². The van der Waals surface area contributed by atoms with Gasteiger partial charge in [0, 0.05) is 38.8 Å². The molecule has 2 rings (SSSR count). The fraction of sp³-hybridized carbons (Fsp3) is 0.550. The molecule has 0 aromatic heterocycles. The van der Waals surface area contributed by atoms with E-state index in [-0.39, 0.29) is 23.4 Å². The number of carbonyl (C=O) groups excluding carboxylic acids is 2. The fourth-order valence-electron chi connectivity index (χ4n) is 3.74. The lowest BCUT2D eigenvalue weighted by Crippen LogP contribution is -2.66. The summed E-state index contributed by atoms with van der Waals surface area (Å²) in [6, 6.07) is 7.59. The minimum atomic E-state index is -0.268. The van der Waals surface area contributed by atoms with E-state index in [1.165, 1.54) is 0 Å². The standard InChI is InChI=1S/C20H31N5O2/c1-14(2)25-17(26)12-24(13-20(25,3)4)19(22-6)23-11-15-7-9-16(10-8-15)18(27)21-5/h7-10,14H,11-13H2,1-6H3,(H,21,27)(H,22,23). The SMILES string of the molecule is CN=C(NCc1ccc(C(=O)NC)cc1)N1CC(=O)N(C(C)C)C(C)(C)C1. The maximum atomic E-state index is 12.6. The molecule has 1 heterocycles. The number of amides is 2. The van der Waals surface area contributed by atoms with Gasteiger partial charge in [-0.15, -0.1) is 0 Å². The molecule has 0 atom stereocenters. The molecule has 0 bridgehead atoms. The van der Waals surface area contributed by atoms with Gasteiger partial charge in [-0.3, -0.25) is 14.6 Å². The Hall–Kier alpha value is -2.57. The van der Waals surface area contributed by atoms with E-state index in [2.05, 4.69) is 29.5 Å². The van der Waals surface area contributed by atoms with Crippen LogP contribution in [0, 0.1) is 0 Å². The zero-order chi connectivity index (χ0) is 20.2. The highest BCUT2D eigenvalue weighted by atomic mass is 16.2. The van der Waals surface area contributed by atoms with Crippen LogP contribution in [0.4, 0.5) is 0 Å². The van der Waals surface area contributed by atoms with Crippen molar-refractivity contribution in [2.45, 2.75) is 45.8 Å². The van der Waals surface area contributed by atoms with Gasteiger partial charge in [0.25, 0.3) is 5.91 Å². The highest BCUT2D eigenvalue weighted by Crippen LogP contribution is 2.24. The molecule has 1 saturated heterocycles. The second-order valence-electron chi connectivity index (χ2n) is 7.70. The van der Waals surface area contributed by atoms with E-state index < -0.39 is 0 Å². The van der Waals surface area contributed by atoms with Crippen LogP contribution in [0.1, 0.15) is 43.6 Å². The minimum Gasteiger partial charge on any atom is -0.355 e. The fourth-order valence-corrected chi connectivity index (χ4v) is 3.74. The van der Waals surface area contributed by atoms with Crippen molar-refractivity contribution in [1.82, 2.24) is 20.4 Å².